The summed E-state index contributed by atoms with van der Waals surface area (Å²) in [5.74, 6) is 0. The van der Waals surface area contributed by atoms with Crippen molar-refractivity contribution in [2.24, 2.45) is 16.9 Å². The normalized spacial score (nSPS) is 10.0. The van der Waals surface area contributed by atoms with Gasteiger partial charge in [-0.15, -0.1) is 0 Å². The van der Waals surface area contributed by atoms with E-state index in [1.807, 2.05) is 0 Å². The lowest BCUT2D eigenvalue weighted by atomic mass is 9.95. The van der Waals surface area contributed by atoms with Crippen molar-refractivity contribution in [3.63, 3.8) is 0 Å². The highest BCUT2D eigenvalue weighted by Crippen LogP contribution is 2.10. The van der Waals surface area contributed by atoms with Gasteiger partial charge < -0.3 is 26.8 Å². The second kappa shape index (κ2) is 6.84. The first-order valence-corrected chi connectivity index (χ1v) is 3.29. The lowest BCUT2D eigenvalue weighted by Crippen LogP contribution is -2.29. The first-order chi connectivity index (χ1) is 5.41. The Balaban J connectivity index is 0. The molecule has 7 N–H and O–H groups in total. The number of rotatable bonds is 3. The summed E-state index contributed by atoms with van der Waals surface area (Å²) < 4.78 is 0. The van der Waals surface area contributed by atoms with Crippen LogP contribution in [0.1, 0.15) is 6.92 Å². The number of urea groups is 1. The molecule has 0 aromatic heterocycles. The predicted octanol–water partition coefficient (Wildman–Crippen LogP) is -2.01. The predicted molar refractivity (Wildman–Crippen MR) is 43.1 cm³/mol. The summed E-state index contributed by atoms with van der Waals surface area (Å²) in [6, 6.07) is -0.833. The van der Waals surface area contributed by atoms with Gasteiger partial charge >= 0.3 is 6.03 Å². The van der Waals surface area contributed by atoms with E-state index >= 15 is 0 Å². The molecule has 74 valence electrons. The molecule has 0 aromatic carbocycles. The highest BCUT2D eigenvalue weighted by molar-refractivity contribution is 5.69. The summed E-state index contributed by atoms with van der Waals surface area (Å²) in [5.41, 5.74) is 7.79. The molecule has 0 aliphatic heterocycles. The molecule has 6 heteroatoms. The fourth-order valence-electron chi connectivity index (χ4n) is 0.150. The van der Waals surface area contributed by atoms with E-state index in [0.717, 1.165) is 0 Å². The molecule has 0 aliphatic carbocycles. The van der Waals surface area contributed by atoms with E-state index in [1.165, 1.54) is 0 Å². The number of amides is 2. The molecule has 0 fully saturated rings. The topological polar surface area (TPSA) is 130 Å². The summed E-state index contributed by atoms with van der Waals surface area (Å²) in [6.45, 7) is 1.06. The highest BCUT2D eigenvalue weighted by Gasteiger charge is 2.20. The van der Waals surface area contributed by atoms with Crippen LogP contribution in [0.4, 0.5) is 4.79 Å². The Hall–Kier alpha value is -0.850. The molecule has 0 bridgehead atoms. The van der Waals surface area contributed by atoms with E-state index in [-0.39, 0.29) is 19.8 Å². The van der Waals surface area contributed by atoms with E-state index in [0.29, 0.717) is 0 Å². The zero-order valence-electron chi connectivity index (χ0n) is 7.03. The largest absolute Gasteiger partial charge is 0.396 e. The summed E-state index contributed by atoms with van der Waals surface area (Å²) in [4.78, 5) is 9.00. The third-order valence-corrected chi connectivity index (χ3v) is 1.15. The van der Waals surface area contributed by atoms with Gasteiger partial charge in [-0.1, -0.05) is 6.92 Å². The summed E-state index contributed by atoms with van der Waals surface area (Å²) in [7, 11) is 0. The van der Waals surface area contributed by atoms with Gasteiger partial charge in [0.25, 0.3) is 0 Å². The molecular weight excluding hydrogens is 164 g/mol. The molecule has 0 aliphatic rings. The van der Waals surface area contributed by atoms with Crippen LogP contribution in [-0.4, -0.2) is 41.2 Å². The van der Waals surface area contributed by atoms with Crippen LogP contribution in [-0.2, 0) is 0 Å². The first-order valence-electron chi connectivity index (χ1n) is 3.29. The van der Waals surface area contributed by atoms with E-state index in [2.05, 4.69) is 11.5 Å². The van der Waals surface area contributed by atoms with Crippen molar-refractivity contribution in [2.75, 3.05) is 19.8 Å². The zero-order chi connectivity index (χ0) is 10.2. The molecule has 0 aromatic rings. The lowest BCUT2D eigenvalue weighted by molar-refractivity contribution is 0.0200. The van der Waals surface area contributed by atoms with Crippen molar-refractivity contribution < 1.29 is 20.1 Å². The fourth-order valence-corrected chi connectivity index (χ4v) is 0.150. The van der Waals surface area contributed by atoms with Gasteiger partial charge in [0, 0.05) is 5.41 Å². The molecule has 6 nitrogen and oxygen atoms in total. The number of primary amides is 2. The maximum atomic E-state index is 9.00. The van der Waals surface area contributed by atoms with Gasteiger partial charge in [-0.3, -0.25) is 0 Å². The Morgan fingerprint density at radius 1 is 1.17 bits per heavy atom. The molecule has 12 heavy (non-hydrogen) atoms. The van der Waals surface area contributed by atoms with Crippen molar-refractivity contribution in [1.82, 2.24) is 0 Å². The molecule has 0 rings (SSSR count). The van der Waals surface area contributed by atoms with Crippen LogP contribution in [0.5, 0.6) is 0 Å². The molecule has 0 saturated carbocycles. The third kappa shape index (κ3) is 9.15. The van der Waals surface area contributed by atoms with Gasteiger partial charge in [0.1, 0.15) is 0 Å². The van der Waals surface area contributed by atoms with Crippen LogP contribution in [0.15, 0.2) is 0 Å². The number of aliphatic hydroxyl groups is 3. The average Bonchev–Trinajstić information content (AvgIpc) is 2.02. The van der Waals surface area contributed by atoms with Crippen molar-refractivity contribution in [2.45, 2.75) is 6.92 Å². The molecule has 2 amide bonds. The molecule has 0 saturated heterocycles. The minimum absolute atomic E-state index is 0.181. The van der Waals surface area contributed by atoms with Crippen LogP contribution in [0.3, 0.4) is 0 Å². The van der Waals surface area contributed by atoms with Crippen molar-refractivity contribution in [1.29, 1.82) is 0 Å². The monoisotopic (exact) mass is 180 g/mol. The summed E-state index contributed by atoms with van der Waals surface area (Å²) in [5, 5.41) is 25.4. The number of hydrogen-bond acceptors (Lipinski definition) is 4. The molecule has 0 spiro atoms. The van der Waals surface area contributed by atoms with E-state index < -0.39 is 11.4 Å². The Bertz CT molecular complexity index is 112. The highest BCUT2D eigenvalue weighted by atomic mass is 16.3. The fraction of sp³-hybridized carbons (Fsp3) is 0.833. The van der Waals surface area contributed by atoms with E-state index in [9.17, 15) is 0 Å². The lowest BCUT2D eigenvalue weighted by Gasteiger charge is -2.20. The third-order valence-electron chi connectivity index (χ3n) is 1.15. The van der Waals surface area contributed by atoms with Gasteiger partial charge in [0.05, 0.1) is 19.8 Å². The van der Waals surface area contributed by atoms with E-state index in [1.54, 1.807) is 6.92 Å². The van der Waals surface area contributed by atoms with Crippen LogP contribution in [0.25, 0.3) is 0 Å². The standard InChI is InChI=1S/C5H12O3.CH4N2O/c1-5(2-6,3-7)4-8;2-1(3)4/h6-8H,2-4H2,1H3;(H4,2,3,4). The Morgan fingerprint density at radius 3 is 1.33 bits per heavy atom. The maximum absolute atomic E-state index is 9.00. The Morgan fingerprint density at radius 2 is 1.33 bits per heavy atom. The average molecular weight is 180 g/mol. The summed E-state index contributed by atoms with van der Waals surface area (Å²) >= 11 is 0. The molecule has 0 radical (unpaired) electrons. The van der Waals surface area contributed by atoms with Crippen molar-refractivity contribution >= 4 is 6.03 Å². The second-order valence-electron chi connectivity index (χ2n) is 2.69. The van der Waals surface area contributed by atoms with Gasteiger partial charge in [0.15, 0.2) is 0 Å². The molecule has 0 atom stereocenters. The van der Waals surface area contributed by atoms with Crippen LogP contribution >= 0.6 is 0 Å². The van der Waals surface area contributed by atoms with Gasteiger partial charge in [-0.2, -0.15) is 0 Å². The minimum Gasteiger partial charge on any atom is -0.396 e. The van der Waals surface area contributed by atoms with Crippen LogP contribution < -0.4 is 11.5 Å². The number of aliphatic hydroxyl groups excluding tert-OH is 3. The smallest absolute Gasteiger partial charge is 0.309 e. The van der Waals surface area contributed by atoms with Crippen LogP contribution in [0, 0.1) is 5.41 Å². The van der Waals surface area contributed by atoms with Crippen LogP contribution in [0.2, 0.25) is 0 Å². The maximum Gasteiger partial charge on any atom is 0.309 e. The van der Waals surface area contributed by atoms with E-state index in [4.69, 9.17) is 20.1 Å². The summed E-state index contributed by atoms with van der Waals surface area (Å²) in [6.07, 6.45) is 0. The van der Waals surface area contributed by atoms with Crippen molar-refractivity contribution in [3.8, 4) is 0 Å². The second-order valence-corrected chi connectivity index (χ2v) is 2.69. The number of carbonyl (C=O) groups is 1. The first kappa shape index (κ1) is 13.7. The van der Waals surface area contributed by atoms with Gasteiger partial charge in [-0.25, -0.2) is 4.79 Å². The molecule has 0 heterocycles. The Kier molecular flexibility index (Phi) is 7.82. The number of nitrogens with two attached hydrogens (primary N) is 2. The number of carbonyl (C=O) groups excluding carboxylic acids is 1. The van der Waals surface area contributed by atoms with Gasteiger partial charge in [0.2, 0.25) is 0 Å². The van der Waals surface area contributed by atoms with Crippen molar-refractivity contribution in [3.05, 3.63) is 0 Å². The minimum atomic E-state index is -0.833. The number of hydrogen-bond donors (Lipinski definition) is 5. The quantitative estimate of drug-likeness (QED) is 0.343. The van der Waals surface area contributed by atoms with Gasteiger partial charge in [-0.05, 0) is 0 Å². The SMILES string of the molecule is CC(CO)(CO)CO.NC(N)=O. The molecular formula is C6H16N2O4. The molecule has 0 unspecified atom stereocenters. The Labute approximate surface area is 70.8 Å². The zero-order valence-corrected chi connectivity index (χ0v) is 7.03.